The molecule has 1 amide bonds. The minimum atomic E-state index is -0.149. The van der Waals surface area contributed by atoms with E-state index in [-0.39, 0.29) is 12.5 Å². The lowest BCUT2D eigenvalue weighted by atomic mass is 10.3. The molecular formula is C19H25BrN6O. The normalized spacial score (nSPS) is 11.4. The van der Waals surface area contributed by atoms with E-state index in [0.717, 1.165) is 47.4 Å². The summed E-state index contributed by atoms with van der Waals surface area (Å²) in [4.78, 5) is 19.5. The van der Waals surface area contributed by atoms with E-state index in [0.29, 0.717) is 5.95 Å². The zero-order valence-corrected chi connectivity index (χ0v) is 17.5. The van der Waals surface area contributed by atoms with E-state index in [2.05, 4.69) is 54.6 Å². The molecule has 2 aromatic heterocycles. The number of amides is 1. The monoisotopic (exact) mass is 432 g/mol. The van der Waals surface area contributed by atoms with Crippen LogP contribution in [0.2, 0.25) is 0 Å². The lowest BCUT2D eigenvalue weighted by Gasteiger charge is -2.19. The van der Waals surface area contributed by atoms with Gasteiger partial charge in [-0.2, -0.15) is 5.10 Å². The highest BCUT2D eigenvalue weighted by molar-refractivity contribution is 9.10. The summed E-state index contributed by atoms with van der Waals surface area (Å²) in [6.45, 7) is 10.0. The predicted molar refractivity (Wildman–Crippen MR) is 111 cm³/mol. The predicted octanol–water partition coefficient (Wildman–Crippen LogP) is 3.28. The highest BCUT2D eigenvalue weighted by Gasteiger charge is 2.15. The fourth-order valence-electron chi connectivity index (χ4n) is 3.06. The number of imidazole rings is 1. The minimum Gasteiger partial charge on any atom is -0.309 e. The average molecular weight is 433 g/mol. The number of nitrogens with zero attached hydrogens (tertiary/aromatic N) is 5. The van der Waals surface area contributed by atoms with Crippen molar-refractivity contribution in [2.24, 2.45) is 0 Å². The number of hydrogen-bond donors (Lipinski definition) is 1. The Morgan fingerprint density at radius 2 is 2.00 bits per heavy atom. The van der Waals surface area contributed by atoms with Crippen LogP contribution in [-0.2, 0) is 17.9 Å². The van der Waals surface area contributed by atoms with Gasteiger partial charge in [-0.05, 0) is 48.1 Å². The molecule has 0 fully saturated rings. The van der Waals surface area contributed by atoms with Crippen LogP contribution in [0.3, 0.4) is 0 Å². The standard InChI is InChI=1S/C19H25BrN6O/c1-4-24(5-2)10-11-26-17-9-7-6-8-16(17)21-19(26)22-18(27)13-25-12-15(20)14(3)23-25/h6-9,12H,4-5,10-11,13H2,1-3H3,(H,21,22,27). The van der Waals surface area contributed by atoms with E-state index in [4.69, 9.17) is 0 Å². The van der Waals surface area contributed by atoms with Gasteiger partial charge in [-0.3, -0.25) is 14.8 Å². The summed E-state index contributed by atoms with van der Waals surface area (Å²) in [5, 5.41) is 7.27. The second-order valence-electron chi connectivity index (χ2n) is 6.41. The van der Waals surface area contributed by atoms with Crippen LogP contribution in [0.5, 0.6) is 0 Å². The molecule has 0 aliphatic carbocycles. The van der Waals surface area contributed by atoms with Gasteiger partial charge in [0.15, 0.2) is 0 Å². The number of benzene rings is 1. The number of fused-ring (bicyclic) bond motifs is 1. The maximum absolute atomic E-state index is 12.5. The zero-order valence-electron chi connectivity index (χ0n) is 15.9. The molecular weight excluding hydrogens is 408 g/mol. The SMILES string of the molecule is CCN(CC)CCn1c(NC(=O)Cn2cc(Br)c(C)n2)nc2ccccc21. The second kappa shape index (κ2) is 8.67. The minimum absolute atomic E-state index is 0.145. The third-order valence-corrected chi connectivity index (χ3v) is 5.41. The summed E-state index contributed by atoms with van der Waals surface area (Å²) in [5.41, 5.74) is 2.76. The first kappa shape index (κ1) is 19.6. The average Bonchev–Trinajstić information content (AvgIpc) is 3.15. The molecule has 0 aliphatic heterocycles. The lowest BCUT2D eigenvalue weighted by Crippen LogP contribution is -2.28. The molecule has 27 heavy (non-hydrogen) atoms. The van der Waals surface area contributed by atoms with E-state index in [9.17, 15) is 4.79 Å². The van der Waals surface area contributed by atoms with Crippen molar-refractivity contribution in [2.75, 3.05) is 25.0 Å². The van der Waals surface area contributed by atoms with Crippen molar-refractivity contribution in [3.63, 3.8) is 0 Å². The van der Waals surface area contributed by atoms with Crippen LogP contribution in [0.25, 0.3) is 11.0 Å². The molecule has 0 radical (unpaired) electrons. The number of carbonyl (C=O) groups excluding carboxylic acids is 1. The molecule has 7 nitrogen and oxygen atoms in total. The van der Waals surface area contributed by atoms with E-state index in [1.807, 2.05) is 31.2 Å². The third kappa shape index (κ3) is 4.56. The highest BCUT2D eigenvalue weighted by atomic mass is 79.9. The summed E-state index contributed by atoms with van der Waals surface area (Å²) < 4.78 is 4.59. The Labute approximate surface area is 167 Å². The van der Waals surface area contributed by atoms with Crippen molar-refractivity contribution in [2.45, 2.75) is 33.9 Å². The number of likely N-dealkylation sites (N-methyl/N-ethyl adjacent to an activating group) is 1. The Balaban J connectivity index is 1.79. The molecule has 0 aliphatic rings. The summed E-state index contributed by atoms with van der Waals surface area (Å²) in [6, 6.07) is 7.95. The molecule has 0 unspecified atom stereocenters. The summed E-state index contributed by atoms with van der Waals surface area (Å²) >= 11 is 3.42. The van der Waals surface area contributed by atoms with Crippen LogP contribution >= 0.6 is 15.9 Å². The van der Waals surface area contributed by atoms with Gasteiger partial charge in [0.1, 0.15) is 6.54 Å². The van der Waals surface area contributed by atoms with Gasteiger partial charge in [0.25, 0.3) is 0 Å². The number of halogens is 1. The number of carbonyl (C=O) groups is 1. The molecule has 0 atom stereocenters. The smallest absolute Gasteiger partial charge is 0.248 e. The van der Waals surface area contributed by atoms with Crippen LogP contribution in [0.15, 0.2) is 34.9 Å². The van der Waals surface area contributed by atoms with E-state index in [1.165, 1.54) is 0 Å². The molecule has 0 spiro atoms. The molecule has 1 N–H and O–H groups in total. The first-order chi connectivity index (χ1) is 13.0. The quantitative estimate of drug-likeness (QED) is 0.592. The Morgan fingerprint density at radius 3 is 2.67 bits per heavy atom. The summed E-state index contributed by atoms with van der Waals surface area (Å²) in [7, 11) is 0. The van der Waals surface area contributed by atoms with Gasteiger partial charge >= 0.3 is 0 Å². The van der Waals surface area contributed by atoms with Crippen LogP contribution in [0.4, 0.5) is 5.95 Å². The number of para-hydroxylation sites is 2. The molecule has 0 saturated carbocycles. The van der Waals surface area contributed by atoms with Crippen molar-refractivity contribution in [3.05, 3.63) is 40.6 Å². The Bertz CT molecular complexity index is 908. The van der Waals surface area contributed by atoms with Crippen molar-refractivity contribution in [3.8, 4) is 0 Å². The first-order valence-electron chi connectivity index (χ1n) is 9.18. The van der Waals surface area contributed by atoms with Gasteiger partial charge in [0, 0.05) is 19.3 Å². The molecule has 8 heteroatoms. The maximum Gasteiger partial charge on any atom is 0.248 e. The molecule has 2 heterocycles. The van der Waals surface area contributed by atoms with Gasteiger partial charge in [0.05, 0.1) is 21.2 Å². The largest absolute Gasteiger partial charge is 0.309 e. The van der Waals surface area contributed by atoms with Crippen LogP contribution in [0.1, 0.15) is 19.5 Å². The van der Waals surface area contributed by atoms with Crippen LogP contribution in [-0.4, -0.2) is 49.8 Å². The summed E-state index contributed by atoms with van der Waals surface area (Å²) in [6.07, 6.45) is 1.80. The zero-order chi connectivity index (χ0) is 19.4. The molecule has 3 rings (SSSR count). The van der Waals surface area contributed by atoms with Crippen molar-refractivity contribution in [1.29, 1.82) is 0 Å². The number of nitrogens with one attached hydrogen (secondary N) is 1. The van der Waals surface area contributed by atoms with Gasteiger partial charge in [0.2, 0.25) is 11.9 Å². The molecule has 1 aromatic carbocycles. The number of hydrogen-bond acceptors (Lipinski definition) is 4. The molecule has 144 valence electrons. The second-order valence-corrected chi connectivity index (χ2v) is 7.27. The van der Waals surface area contributed by atoms with E-state index >= 15 is 0 Å². The molecule has 3 aromatic rings. The van der Waals surface area contributed by atoms with Gasteiger partial charge < -0.3 is 9.47 Å². The number of aryl methyl sites for hydroxylation is 1. The summed E-state index contributed by atoms with van der Waals surface area (Å²) in [5.74, 6) is 0.431. The fraction of sp³-hybridized carbons (Fsp3) is 0.421. The number of rotatable bonds is 8. The topological polar surface area (TPSA) is 68.0 Å². The number of aromatic nitrogens is 4. The Morgan fingerprint density at radius 1 is 1.26 bits per heavy atom. The van der Waals surface area contributed by atoms with E-state index in [1.54, 1.807) is 10.9 Å². The Hall–Kier alpha value is -2.19. The van der Waals surface area contributed by atoms with Crippen LogP contribution < -0.4 is 5.32 Å². The van der Waals surface area contributed by atoms with Gasteiger partial charge in [-0.1, -0.05) is 26.0 Å². The Kier molecular flexibility index (Phi) is 6.28. The third-order valence-electron chi connectivity index (χ3n) is 4.63. The van der Waals surface area contributed by atoms with Gasteiger partial charge in [-0.25, -0.2) is 4.98 Å². The highest BCUT2D eigenvalue weighted by Crippen LogP contribution is 2.20. The first-order valence-corrected chi connectivity index (χ1v) is 9.98. The van der Waals surface area contributed by atoms with Gasteiger partial charge in [-0.15, -0.1) is 0 Å². The van der Waals surface area contributed by atoms with Crippen LogP contribution in [0, 0.1) is 6.92 Å². The number of anilines is 1. The van der Waals surface area contributed by atoms with E-state index < -0.39 is 0 Å². The fourth-order valence-corrected chi connectivity index (χ4v) is 3.38. The molecule has 0 bridgehead atoms. The van der Waals surface area contributed by atoms with Crippen molar-refractivity contribution >= 4 is 38.8 Å². The lowest BCUT2D eigenvalue weighted by molar-refractivity contribution is -0.117. The molecule has 0 saturated heterocycles. The van der Waals surface area contributed by atoms with Crippen molar-refractivity contribution in [1.82, 2.24) is 24.2 Å². The maximum atomic E-state index is 12.5. The van der Waals surface area contributed by atoms with Crippen molar-refractivity contribution < 1.29 is 4.79 Å².